The van der Waals surface area contributed by atoms with Gasteiger partial charge in [0.25, 0.3) is 0 Å². The van der Waals surface area contributed by atoms with Crippen LogP contribution in [0.1, 0.15) is 57.6 Å². The van der Waals surface area contributed by atoms with Crippen LogP contribution >= 0.6 is 0 Å². The minimum Gasteiger partial charge on any atom is -0.490 e. The Morgan fingerprint density at radius 1 is 1.27 bits per heavy atom. The number of rotatable bonds is 15. The summed E-state index contributed by atoms with van der Waals surface area (Å²) in [5.74, 6) is -0.173. The molecule has 170 valence electrons. The monoisotopic (exact) mass is 444 g/mol. The van der Waals surface area contributed by atoms with Gasteiger partial charge in [0.05, 0.1) is 25.5 Å². The van der Waals surface area contributed by atoms with Crippen molar-refractivity contribution in [3.8, 4) is 5.75 Å². The second kappa shape index (κ2) is 12.2. The Hall–Kier alpha value is -1.71. The fourth-order valence-corrected chi connectivity index (χ4v) is 4.35. The van der Waals surface area contributed by atoms with Gasteiger partial charge >= 0.3 is 5.97 Å². The predicted molar refractivity (Wildman–Crippen MR) is 113 cm³/mol. The summed E-state index contributed by atoms with van der Waals surface area (Å²) >= 11 is 0. The molecule has 1 aromatic rings. The zero-order chi connectivity index (χ0) is 22.0. The Morgan fingerprint density at radius 2 is 2.03 bits per heavy atom. The summed E-state index contributed by atoms with van der Waals surface area (Å²) in [7, 11) is -3.54. The summed E-state index contributed by atoms with van der Waals surface area (Å²) in [5.41, 5.74) is 0.273. The summed E-state index contributed by atoms with van der Waals surface area (Å²) in [6, 6.07) is 4.13. The first-order valence-electron chi connectivity index (χ1n) is 10.6. The number of hydrogen-bond acceptors (Lipinski definition) is 6. The minimum atomic E-state index is -3.54. The topological polar surface area (TPSA) is 93.7 Å². The van der Waals surface area contributed by atoms with E-state index < -0.39 is 21.9 Å². The normalized spacial score (nSPS) is 15.0. The highest BCUT2D eigenvalue weighted by atomic mass is 32.2. The highest BCUT2D eigenvalue weighted by Gasteiger charge is 2.24. The summed E-state index contributed by atoms with van der Waals surface area (Å²) in [4.78, 5) is 11.2. The van der Waals surface area contributed by atoms with Crippen LogP contribution in [0.3, 0.4) is 0 Å². The molecule has 1 saturated carbocycles. The van der Waals surface area contributed by atoms with E-state index in [1.807, 2.05) is 0 Å². The maximum absolute atomic E-state index is 14.7. The molecule has 2 N–H and O–H groups in total. The molecule has 0 bridgehead atoms. The van der Waals surface area contributed by atoms with Gasteiger partial charge in [-0.3, -0.25) is 4.79 Å². The van der Waals surface area contributed by atoms with Gasteiger partial charge in [0.15, 0.2) is 11.6 Å². The summed E-state index contributed by atoms with van der Waals surface area (Å²) in [6.45, 7) is 4.99. The number of nitrogens with one attached hydrogen (secondary N) is 2. The smallest absolute Gasteiger partial charge is 0.319 e. The van der Waals surface area contributed by atoms with Crippen LogP contribution in [0.4, 0.5) is 4.39 Å². The first-order valence-corrected chi connectivity index (χ1v) is 12.2. The Balaban J connectivity index is 1.71. The van der Waals surface area contributed by atoms with E-state index in [4.69, 9.17) is 9.47 Å². The molecule has 9 heteroatoms. The molecule has 0 saturated heterocycles. The van der Waals surface area contributed by atoms with E-state index in [0.717, 1.165) is 19.3 Å². The average Bonchev–Trinajstić information content (AvgIpc) is 3.50. The molecule has 1 aromatic carbocycles. The summed E-state index contributed by atoms with van der Waals surface area (Å²) < 4.78 is 52.3. The van der Waals surface area contributed by atoms with Gasteiger partial charge in [-0.25, -0.2) is 17.5 Å². The van der Waals surface area contributed by atoms with E-state index in [1.165, 1.54) is 0 Å². The molecule has 30 heavy (non-hydrogen) atoms. The van der Waals surface area contributed by atoms with Crippen molar-refractivity contribution in [1.82, 2.24) is 10.0 Å². The quantitative estimate of drug-likeness (QED) is 0.319. The highest BCUT2D eigenvalue weighted by Crippen LogP contribution is 2.31. The van der Waals surface area contributed by atoms with Gasteiger partial charge in [-0.05, 0) is 58.1 Å². The van der Waals surface area contributed by atoms with Gasteiger partial charge < -0.3 is 14.8 Å². The van der Waals surface area contributed by atoms with Gasteiger partial charge in [-0.1, -0.05) is 18.6 Å². The van der Waals surface area contributed by atoms with Crippen molar-refractivity contribution >= 4 is 16.0 Å². The molecule has 0 heterocycles. The molecular weight excluding hydrogens is 411 g/mol. The third-order valence-electron chi connectivity index (χ3n) is 4.83. The van der Waals surface area contributed by atoms with Crippen molar-refractivity contribution in [2.24, 2.45) is 5.92 Å². The number of sulfonamides is 1. The number of ether oxygens (including phenoxy) is 2. The maximum Gasteiger partial charge on any atom is 0.319 e. The summed E-state index contributed by atoms with van der Waals surface area (Å²) in [5, 5.41) is 2.96. The fourth-order valence-electron chi connectivity index (χ4n) is 2.98. The Bertz CT molecular complexity index is 784. The van der Waals surface area contributed by atoms with Crippen LogP contribution in [0.25, 0.3) is 0 Å². The lowest BCUT2D eigenvalue weighted by Crippen LogP contribution is -2.30. The van der Waals surface area contributed by atoms with Crippen molar-refractivity contribution < 1.29 is 27.1 Å². The number of hydrogen-bond donors (Lipinski definition) is 2. The third kappa shape index (κ3) is 8.97. The predicted octanol–water partition coefficient (Wildman–Crippen LogP) is 2.92. The van der Waals surface area contributed by atoms with Gasteiger partial charge in [0, 0.05) is 11.6 Å². The second-order valence-electron chi connectivity index (χ2n) is 7.61. The molecule has 0 spiro atoms. The van der Waals surface area contributed by atoms with E-state index >= 15 is 0 Å². The van der Waals surface area contributed by atoms with Crippen LogP contribution in [0, 0.1) is 11.7 Å². The minimum absolute atomic E-state index is 0.0330. The lowest BCUT2D eigenvalue weighted by atomic mass is 10.1. The van der Waals surface area contributed by atoms with E-state index in [2.05, 4.69) is 10.0 Å². The zero-order valence-corrected chi connectivity index (χ0v) is 18.6. The zero-order valence-electron chi connectivity index (χ0n) is 17.8. The molecule has 2 rings (SSSR count). The van der Waals surface area contributed by atoms with E-state index in [0.29, 0.717) is 38.5 Å². The van der Waals surface area contributed by atoms with Gasteiger partial charge in [-0.2, -0.15) is 0 Å². The first-order chi connectivity index (χ1) is 14.3. The van der Waals surface area contributed by atoms with Crippen LogP contribution in [-0.2, 0) is 19.6 Å². The van der Waals surface area contributed by atoms with E-state index in [-0.39, 0.29) is 29.6 Å². The molecule has 1 aliphatic rings. The second-order valence-corrected chi connectivity index (χ2v) is 9.49. The molecule has 1 aliphatic carbocycles. The SMILES string of the molecule is CCOC(=O)CNCCCCCS(=O)(=O)N[C@@H](C)c1cccc(OCC2CC2)c1F. The van der Waals surface area contributed by atoms with Crippen LogP contribution in [-0.4, -0.2) is 46.4 Å². The van der Waals surface area contributed by atoms with Crippen molar-refractivity contribution in [3.05, 3.63) is 29.6 Å². The van der Waals surface area contributed by atoms with E-state index in [1.54, 1.807) is 32.0 Å². The molecule has 7 nitrogen and oxygen atoms in total. The number of carbonyl (C=O) groups excluding carboxylic acids is 1. The molecule has 0 aliphatic heterocycles. The van der Waals surface area contributed by atoms with Crippen molar-refractivity contribution in [1.29, 1.82) is 0 Å². The molecule has 1 atom stereocenters. The van der Waals surface area contributed by atoms with Crippen LogP contribution < -0.4 is 14.8 Å². The highest BCUT2D eigenvalue weighted by molar-refractivity contribution is 7.89. The number of halogens is 1. The number of esters is 1. The van der Waals surface area contributed by atoms with Gasteiger partial charge in [0.1, 0.15) is 0 Å². The molecule has 1 fully saturated rings. The summed E-state index contributed by atoms with van der Waals surface area (Å²) in [6.07, 6.45) is 4.15. The molecule has 0 aromatic heterocycles. The van der Waals surface area contributed by atoms with Crippen LogP contribution in [0.2, 0.25) is 0 Å². The molecular formula is C21H33FN2O5S. The van der Waals surface area contributed by atoms with Crippen molar-refractivity contribution in [2.75, 3.05) is 32.1 Å². The first kappa shape index (κ1) is 24.6. The van der Waals surface area contributed by atoms with Crippen molar-refractivity contribution in [2.45, 2.75) is 52.0 Å². The van der Waals surface area contributed by atoms with Crippen LogP contribution in [0.5, 0.6) is 5.75 Å². The average molecular weight is 445 g/mol. The lowest BCUT2D eigenvalue weighted by Gasteiger charge is -2.17. The third-order valence-corrected chi connectivity index (χ3v) is 6.37. The fraction of sp³-hybridized carbons (Fsp3) is 0.667. The Morgan fingerprint density at radius 3 is 2.73 bits per heavy atom. The Kier molecular flexibility index (Phi) is 10.0. The molecule has 0 amide bonds. The largest absolute Gasteiger partial charge is 0.490 e. The maximum atomic E-state index is 14.7. The number of benzene rings is 1. The number of carbonyl (C=O) groups is 1. The van der Waals surface area contributed by atoms with E-state index in [9.17, 15) is 17.6 Å². The van der Waals surface area contributed by atoms with Gasteiger partial charge in [0.2, 0.25) is 10.0 Å². The number of unbranched alkanes of at least 4 members (excludes halogenated alkanes) is 2. The molecule has 0 radical (unpaired) electrons. The van der Waals surface area contributed by atoms with Gasteiger partial charge in [-0.15, -0.1) is 0 Å². The lowest BCUT2D eigenvalue weighted by molar-refractivity contribution is -0.141. The Labute approximate surface area is 178 Å². The standard InChI is InChI=1S/C21H33FN2O5S/c1-3-28-20(25)14-23-12-5-4-6-13-30(26,27)24-16(2)18-8-7-9-19(21(18)22)29-15-17-10-11-17/h7-9,16-17,23-24H,3-6,10-15H2,1-2H3/t16-/m0/s1. The van der Waals surface area contributed by atoms with Crippen LogP contribution in [0.15, 0.2) is 18.2 Å². The van der Waals surface area contributed by atoms with Crippen molar-refractivity contribution in [3.63, 3.8) is 0 Å². The molecule has 0 unspecified atom stereocenters.